The lowest BCUT2D eigenvalue weighted by atomic mass is 9.93. The molecular formula is C16H24N2O. The molecule has 1 aromatic carbocycles. The predicted octanol–water partition coefficient (Wildman–Crippen LogP) is 2.30. The molecule has 1 amide bonds. The van der Waals surface area contributed by atoms with Crippen molar-refractivity contribution < 1.29 is 4.79 Å². The number of nitrogens with zero attached hydrogens (tertiary/aromatic N) is 1. The molecule has 0 atom stereocenters. The van der Waals surface area contributed by atoms with Gasteiger partial charge in [-0.2, -0.15) is 0 Å². The third kappa shape index (κ3) is 3.57. The highest BCUT2D eigenvalue weighted by Gasteiger charge is 2.17. The molecule has 104 valence electrons. The van der Waals surface area contributed by atoms with Gasteiger partial charge in [0.15, 0.2) is 0 Å². The van der Waals surface area contributed by atoms with E-state index in [1.807, 2.05) is 0 Å². The standard InChI is InChI=1S/C16H24N2O/c1-12(2)13-4-5-15-11-18(8-6-14(15)10-13)9-7-16(19)17-3/h4-5,10,12H,6-9,11H2,1-3H3,(H,17,19). The Hall–Kier alpha value is -1.35. The fourth-order valence-electron chi connectivity index (χ4n) is 2.57. The van der Waals surface area contributed by atoms with E-state index in [9.17, 15) is 4.79 Å². The van der Waals surface area contributed by atoms with E-state index in [-0.39, 0.29) is 5.91 Å². The molecule has 3 nitrogen and oxygen atoms in total. The SMILES string of the molecule is CNC(=O)CCN1CCc2cc(C(C)C)ccc2C1. The van der Waals surface area contributed by atoms with Gasteiger partial charge in [0.05, 0.1) is 0 Å². The van der Waals surface area contributed by atoms with Crippen molar-refractivity contribution in [1.82, 2.24) is 10.2 Å². The summed E-state index contributed by atoms with van der Waals surface area (Å²) in [6.45, 7) is 7.36. The number of nitrogens with one attached hydrogen (secondary N) is 1. The van der Waals surface area contributed by atoms with E-state index in [0.717, 1.165) is 26.1 Å². The van der Waals surface area contributed by atoms with Crippen molar-refractivity contribution >= 4 is 5.91 Å². The van der Waals surface area contributed by atoms with Crippen LogP contribution in [0.25, 0.3) is 0 Å². The summed E-state index contributed by atoms with van der Waals surface area (Å²) in [6, 6.07) is 6.86. The second kappa shape index (κ2) is 6.20. The van der Waals surface area contributed by atoms with Crippen molar-refractivity contribution in [3.05, 3.63) is 34.9 Å². The van der Waals surface area contributed by atoms with Gasteiger partial charge in [0, 0.05) is 33.1 Å². The Morgan fingerprint density at radius 3 is 2.84 bits per heavy atom. The molecule has 0 saturated heterocycles. The second-order valence-corrected chi connectivity index (χ2v) is 5.63. The number of carbonyl (C=O) groups excluding carboxylic acids is 1. The lowest BCUT2D eigenvalue weighted by Crippen LogP contribution is -2.34. The van der Waals surface area contributed by atoms with Crippen LogP contribution in [-0.2, 0) is 17.8 Å². The molecule has 0 fully saturated rings. The summed E-state index contributed by atoms with van der Waals surface area (Å²) in [5, 5.41) is 2.68. The fraction of sp³-hybridized carbons (Fsp3) is 0.562. The zero-order chi connectivity index (χ0) is 13.8. The van der Waals surface area contributed by atoms with Gasteiger partial charge in [-0.15, -0.1) is 0 Å². The summed E-state index contributed by atoms with van der Waals surface area (Å²) in [6.07, 6.45) is 1.69. The smallest absolute Gasteiger partial charge is 0.221 e. The first kappa shape index (κ1) is 14.1. The number of benzene rings is 1. The Kier molecular flexibility index (Phi) is 4.59. The van der Waals surface area contributed by atoms with Crippen molar-refractivity contribution in [3.63, 3.8) is 0 Å². The summed E-state index contributed by atoms with van der Waals surface area (Å²) in [5.41, 5.74) is 4.34. The van der Waals surface area contributed by atoms with Crippen molar-refractivity contribution in [1.29, 1.82) is 0 Å². The van der Waals surface area contributed by atoms with Crippen molar-refractivity contribution in [2.75, 3.05) is 20.1 Å². The molecule has 3 heteroatoms. The van der Waals surface area contributed by atoms with Crippen LogP contribution >= 0.6 is 0 Å². The monoisotopic (exact) mass is 260 g/mol. The Balaban J connectivity index is 1.98. The zero-order valence-electron chi connectivity index (χ0n) is 12.2. The van der Waals surface area contributed by atoms with E-state index < -0.39 is 0 Å². The van der Waals surface area contributed by atoms with E-state index in [1.165, 1.54) is 16.7 Å². The van der Waals surface area contributed by atoms with Crippen LogP contribution in [0.2, 0.25) is 0 Å². The third-order valence-corrected chi connectivity index (χ3v) is 3.92. The highest BCUT2D eigenvalue weighted by molar-refractivity contribution is 5.75. The van der Waals surface area contributed by atoms with E-state index in [4.69, 9.17) is 0 Å². The molecule has 1 heterocycles. The molecule has 19 heavy (non-hydrogen) atoms. The number of fused-ring (bicyclic) bond motifs is 1. The number of hydrogen-bond donors (Lipinski definition) is 1. The first-order valence-corrected chi connectivity index (χ1v) is 7.14. The quantitative estimate of drug-likeness (QED) is 0.901. The summed E-state index contributed by atoms with van der Waals surface area (Å²) in [5.74, 6) is 0.720. The minimum atomic E-state index is 0.126. The lowest BCUT2D eigenvalue weighted by Gasteiger charge is -2.29. The van der Waals surface area contributed by atoms with E-state index >= 15 is 0 Å². The molecule has 0 spiro atoms. The van der Waals surface area contributed by atoms with Crippen molar-refractivity contribution in [3.8, 4) is 0 Å². The van der Waals surface area contributed by atoms with Gasteiger partial charge >= 0.3 is 0 Å². The van der Waals surface area contributed by atoms with Crippen molar-refractivity contribution in [2.24, 2.45) is 0 Å². The Bertz CT molecular complexity index is 454. The number of hydrogen-bond acceptors (Lipinski definition) is 2. The van der Waals surface area contributed by atoms with Gasteiger partial charge in [0.25, 0.3) is 0 Å². The molecule has 1 aliphatic heterocycles. The zero-order valence-corrected chi connectivity index (χ0v) is 12.2. The Morgan fingerprint density at radius 1 is 1.37 bits per heavy atom. The highest BCUT2D eigenvalue weighted by atomic mass is 16.1. The van der Waals surface area contributed by atoms with Crippen LogP contribution in [0.5, 0.6) is 0 Å². The molecule has 1 aromatic rings. The highest BCUT2D eigenvalue weighted by Crippen LogP contribution is 2.23. The molecule has 0 unspecified atom stereocenters. The van der Waals surface area contributed by atoms with Crippen LogP contribution in [0.4, 0.5) is 0 Å². The largest absolute Gasteiger partial charge is 0.359 e. The van der Waals surface area contributed by atoms with Gasteiger partial charge in [-0.3, -0.25) is 9.69 Å². The van der Waals surface area contributed by atoms with E-state index in [1.54, 1.807) is 7.05 Å². The maximum atomic E-state index is 11.3. The molecule has 0 aliphatic carbocycles. The summed E-state index contributed by atoms with van der Waals surface area (Å²) >= 11 is 0. The van der Waals surface area contributed by atoms with Crippen LogP contribution in [0.3, 0.4) is 0 Å². The maximum absolute atomic E-state index is 11.3. The normalized spacial score (nSPS) is 15.4. The van der Waals surface area contributed by atoms with Crippen LogP contribution in [0, 0.1) is 0 Å². The average molecular weight is 260 g/mol. The third-order valence-electron chi connectivity index (χ3n) is 3.92. The molecule has 1 aliphatic rings. The lowest BCUT2D eigenvalue weighted by molar-refractivity contribution is -0.121. The van der Waals surface area contributed by atoms with Crippen LogP contribution in [0.15, 0.2) is 18.2 Å². The maximum Gasteiger partial charge on any atom is 0.221 e. The molecule has 2 rings (SSSR count). The minimum Gasteiger partial charge on any atom is -0.359 e. The number of amides is 1. The molecular weight excluding hydrogens is 236 g/mol. The van der Waals surface area contributed by atoms with Gasteiger partial charge < -0.3 is 5.32 Å². The molecule has 0 bridgehead atoms. The molecule has 1 N–H and O–H groups in total. The van der Waals surface area contributed by atoms with Crippen LogP contribution in [0.1, 0.15) is 42.9 Å². The summed E-state index contributed by atoms with van der Waals surface area (Å²) < 4.78 is 0. The summed E-state index contributed by atoms with van der Waals surface area (Å²) in [7, 11) is 1.70. The number of carbonyl (C=O) groups is 1. The molecule has 0 radical (unpaired) electrons. The first-order valence-electron chi connectivity index (χ1n) is 7.14. The first-order chi connectivity index (χ1) is 9.10. The predicted molar refractivity (Wildman–Crippen MR) is 78.2 cm³/mol. The summed E-state index contributed by atoms with van der Waals surface area (Å²) in [4.78, 5) is 13.6. The molecule has 0 aromatic heterocycles. The Labute approximate surface area is 116 Å². The van der Waals surface area contributed by atoms with Gasteiger partial charge in [-0.05, 0) is 29.0 Å². The van der Waals surface area contributed by atoms with E-state index in [2.05, 4.69) is 42.3 Å². The second-order valence-electron chi connectivity index (χ2n) is 5.63. The topological polar surface area (TPSA) is 32.3 Å². The average Bonchev–Trinajstić information content (AvgIpc) is 2.43. The van der Waals surface area contributed by atoms with Gasteiger partial charge in [0.2, 0.25) is 5.91 Å². The van der Waals surface area contributed by atoms with Crippen molar-refractivity contribution in [2.45, 2.75) is 39.2 Å². The van der Waals surface area contributed by atoms with Gasteiger partial charge in [0.1, 0.15) is 0 Å². The Morgan fingerprint density at radius 2 is 2.16 bits per heavy atom. The minimum absolute atomic E-state index is 0.126. The fourth-order valence-corrected chi connectivity index (χ4v) is 2.57. The van der Waals surface area contributed by atoms with Crippen LogP contribution in [-0.4, -0.2) is 30.9 Å². The number of rotatable bonds is 4. The van der Waals surface area contributed by atoms with Crippen LogP contribution < -0.4 is 5.32 Å². The van der Waals surface area contributed by atoms with Gasteiger partial charge in [-0.1, -0.05) is 32.0 Å². The molecule has 0 saturated carbocycles. The van der Waals surface area contributed by atoms with E-state index in [0.29, 0.717) is 12.3 Å². The van der Waals surface area contributed by atoms with Gasteiger partial charge in [-0.25, -0.2) is 0 Å².